The summed E-state index contributed by atoms with van der Waals surface area (Å²) in [7, 11) is 1.53. The summed E-state index contributed by atoms with van der Waals surface area (Å²) >= 11 is 0. The van der Waals surface area contributed by atoms with Crippen LogP contribution in [0.5, 0.6) is 0 Å². The van der Waals surface area contributed by atoms with Gasteiger partial charge in [-0.25, -0.2) is 0 Å². The van der Waals surface area contributed by atoms with Gasteiger partial charge in [0.15, 0.2) is 0 Å². The number of fused-ring (bicyclic) bond motifs is 9. The summed E-state index contributed by atoms with van der Waals surface area (Å²) in [6.07, 6.45) is 4.91. The molecular weight excluding hydrogens is 236 g/mol. The van der Waals surface area contributed by atoms with Gasteiger partial charge in [0, 0.05) is 6.42 Å². The molecule has 4 saturated carbocycles. The molecule has 9 unspecified atom stereocenters. The molecule has 19 heavy (non-hydrogen) atoms. The maximum Gasteiger partial charge on any atom is 0.305 e. The van der Waals surface area contributed by atoms with Crippen LogP contribution >= 0.6 is 0 Å². The van der Waals surface area contributed by atoms with Gasteiger partial charge >= 0.3 is 5.97 Å². The lowest BCUT2D eigenvalue weighted by Crippen LogP contribution is -2.39. The van der Waals surface area contributed by atoms with E-state index in [4.69, 9.17) is 4.74 Å². The summed E-state index contributed by atoms with van der Waals surface area (Å²) in [6.45, 7) is 4.97. The summed E-state index contributed by atoms with van der Waals surface area (Å²) in [5, 5.41) is 0. The normalized spacial score (nSPS) is 57.5. The Morgan fingerprint density at radius 2 is 1.68 bits per heavy atom. The summed E-state index contributed by atoms with van der Waals surface area (Å²) in [4.78, 5) is 11.6. The molecule has 0 aromatic rings. The monoisotopic (exact) mass is 262 g/mol. The third-order valence-corrected chi connectivity index (χ3v) is 7.64. The Labute approximate surface area is 116 Å². The highest BCUT2D eigenvalue weighted by Crippen LogP contribution is 2.71. The lowest BCUT2D eigenvalue weighted by Gasteiger charge is -2.43. The van der Waals surface area contributed by atoms with Gasteiger partial charge in [0.1, 0.15) is 0 Å². The van der Waals surface area contributed by atoms with E-state index >= 15 is 0 Å². The second-order valence-electron chi connectivity index (χ2n) is 7.87. The van der Waals surface area contributed by atoms with E-state index < -0.39 is 0 Å². The van der Waals surface area contributed by atoms with Gasteiger partial charge in [-0.1, -0.05) is 13.8 Å². The fraction of sp³-hybridized carbons (Fsp3) is 0.941. The largest absolute Gasteiger partial charge is 0.469 e. The highest BCUT2D eigenvalue weighted by atomic mass is 16.5. The van der Waals surface area contributed by atoms with Gasteiger partial charge in [-0.2, -0.15) is 0 Å². The molecule has 0 aromatic heterocycles. The molecule has 0 amide bonds. The first-order valence-corrected chi connectivity index (χ1v) is 8.18. The van der Waals surface area contributed by atoms with Crippen molar-refractivity contribution in [1.82, 2.24) is 0 Å². The van der Waals surface area contributed by atoms with E-state index in [1.165, 1.54) is 26.4 Å². The molecule has 4 aliphatic rings. The molecule has 0 heterocycles. The fourth-order valence-corrected chi connectivity index (χ4v) is 6.90. The van der Waals surface area contributed by atoms with Crippen LogP contribution in [0.25, 0.3) is 0 Å². The van der Waals surface area contributed by atoms with Gasteiger partial charge in [0.2, 0.25) is 0 Å². The smallest absolute Gasteiger partial charge is 0.305 e. The van der Waals surface area contributed by atoms with Crippen molar-refractivity contribution in [3.8, 4) is 0 Å². The Bertz CT molecular complexity index is 404. The van der Waals surface area contributed by atoms with E-state index in [1.807, 2.05) is 0 Å². The molecule has 9 atom stereocenters. The average Bonchev–Trinajstić information content (AvgIpc) is 3.09. The maximum absolute atomic E-state index is 11.6. The minimum atomic E-state index is 0.0127. The minimum absolute atomic E-state index is 0.0127. The fourth-order valence-electron chi connectivity index (χ4n) is 6.90. The predicted octanol–water partition coefficient (Wildman–Crippen LogP) is 3.36. The van der Waals surface area contributed by atoms with Crippen LogP contribution in [0.1, 0.15) is 39.5 Å². The lowest BCUT2D eigenvalue weighted by molar-refractivity contribution is -0.142. The summed E-state index contributed by atoms with van der Waals surface area (Å²) in [5.41, 5.74) is 0. The molecule has 0 N–H and O–H groups in total. The third-order valence-electron chi connectivity index (χ3n) is 7.64. The van der Waals surface area contributed by atoms with Crippen LogP contribution in [0, 0.1) is 53.3 Å². The first-order valence-electron chi connectivity index (χ1n) is 8.18. The number of hydrogen-bond donors (Lipinski definition) is 0. The molecule has 0 saturated heterocycles. The molecule has 106 valence electrons. The van der Waals surface area contributed by atoms with Crippen LogP contribution in [0.4, 0.5) is 0 Å². The second-order valence-corrected chi connectivity index (χ2v) is 7.87. The Kier molecular flexibility index (Phi) is 2.57. The van der Waals surface area contributed by atoms with Crippen LogP contribution in [0.2, 0.25) is 0 Å². The molecule has 4 bridgehead atoms. The Balaban J connectivity index is 1.55. The summed E-state index contributed by atoms with van der Waals surface area (Å²) in [6, 6.07) is 0. The Hall–Kier alpha value is -0.530. The standard InChI is InChI=1S/C17H26O2/c1-8-9(2)13-7-12(8)16-11-4-10(6-15(18)19-3)14(5-11)17(13)16/h8-14,16-17H,4-7H2,1-3H3. The molecule has 0 spiro atoms. The van der Waals surface area contributed by atoms with Gasteiger partial charge in [-0.3, -0.25) is 4.79 Å². The van der Waals surface area contributed by atoms with E-state index in [9.17, 15) is 4.79 Å². The van der Waals surface area contributed by atoms with Crippen molar-refractivity contribution in [2.24, 2.45) is 53.3 Å². The van der Waals surface area contributed by atoms with Gasteiger partial charge in [-0.15, -0.1) is 0 Å². The van der Waals surface area contributed by atoms with Crippen molar-refractivity contribution < 1.29 is 9.53 Å². The molecule has 4 aliphatic carbocycles. The molecule has 0 aromatic carbocycles. The number of hydrogen-bond acceptors (Lipinski definition) is 2. The van der Waals surface area contributed by atoms with E-state index in [0.29, 0.717) is 12.3 Å². The number of ether oxygens (including phenoxy) is 1. The number of rotatable bonds is 2. The zero-order valence-electron chi connectivity index (χ0n) is 12.3. The molecule has 0 radical (unpaired) electrons. The van der Waals surface area contributed by atoms with Crippen molar-refractivity contribution in [3.63, 3.8) is 0 Å². The molecular formula is C17H26O2. The number of carbonyl (C=O) groups is 1. The van der Waals surface area contributed by atoms with Crippen molar-refractivity contribution >= 4 is 5.97 Å². The minimum Gasteiger partial charge on any atom is -0.469 e. The van der Waals surface area contributed by atoms with Gasteiger partial charge < -0.3 is 4.74 Å². The first-order chi connectivity index (χ1) is 9.11. The van der Waals surface area contributed by atoms with Gasteiger partial charge in [0.05, 0.1) is 7.11 Å². The van der Waals surface area contributed by atoms with Crippen LogP contribution in [0.3, 0.4) is 0 Å². The zero-order valence-corrected chi connectivity index (χ0v) is 12.3. The van der Waals surface area contributed by atoms with E-state index in [2.05, 4.69) is 13.8 Å². The van der Waals surface area contributed by atoms with E-state index in [-0.39, 0.29) is 5.97 Å². The Morgan fingerprint density at radius 1 is 1.00 bits per heavy atom. The Morgan fingerprint density at radius 3 is 2.37 bits per heavy atom. The molecule has 4 rings (SSSR count). The average molecular weight is 262 g/mol. The second kappa shape index (κ2) is 3.99. The van der Waals surface area contributed by atoms with Crippen molar-refractivity contribution in [2.45, 2.75) is 39.5 Å². The highest BCUT2D eigenvalue weighted by molar-refractivity contribution is 5.69. The van der Waals surface area contributed by atoms with Gasteiger partial charge in [0.25, 0.3) is 0 Å². The van der Waals surface area contributed by atoms with E-state index in [0.717, 1.165) is 47.3 Å². The summed E-state index contributed by atoms with van der Waals surface area (Å²) < 4.78 is 4.89. The van der Waals surface area contributed by atoms with Crippen molar-refractivity contribution in [2.75, 3.05) is 7.11 Å². The lowest BCUT2D eigenvalue weighted by atomic mass is 9.62. The quantitative estimate of drug-likeness (QED) is 0.563. The van der Waals surface area contributed by atoms with Gasteiger partial charge in [-0.05, 0) is 72.5 Å². The number of carbonyl (C=O) groups excluding carboxylic acids is 1. The SMILES string of the molecule is COC(=O)CC1CC2CC1C1C3CC(C(C)C3C)C21. The van der Waals surface area contributed by atoms with Crippen molar-refractivity contribution in [3.05, 3.63) is 0 Å². The molecule has 2 nitrogen and oxygen atoms in total. The highest BCUT2D eigenvalue weighted by Gasteiger charge is 2.65. The van der Waals surface area contributed by atoms with Crippen LogP contribution < -0.4 is 0 Å². The first kappa shape index (κ1) is 12.2. The molecule has 4 fully saturated rings. The maximum atomic E-state index is 11.6. The zero-order chi connectivity index (χ0) is 13.3. The predicted molar refractivity (Wildman–Crippen MR) is 73.2 cm³/mol. The van der Waals surface area contributed by atoms with Crippen LogP contribution in [-0.4, -0.2) is 13.1 Å². The summed E-state index contributed by atoms with van der Waals surface area (Å²) in [5.74, 6) is 8.28. The molecule has 0 aliphatic heterocycles. The number of esters is 1. The third kappa shape index (κ3) is 1.46. The molecule has 2 heteroatoms. The van der Waals surface area contributed by atoms with Crippen molar-refractivity contribution in [1.29, 1.82) is 0 Å². The topological polar surface area (TPSA) is 26.3 Å². The number of methoxy groups -OCH3 is 1. The van der Waals surface area contributed by atoms with E-state index in [1.54, 1.807) is 0 Å². The van der Waals surface area contributed by atoms with Crippen LogP contribution in [0.15, 0.2) is 0 Å². The van der Waals surface area contributed by atoms with Crippen LogP contribution in [-0.2, 0) is 9.53 Å².